The van der Waals surface area contributed by atoms with Gasteiger partial charge in [-0.25, -0.2) is 8.78 Å². The Bertz CT molecular complexity index is 845. The van der Waals surface area contributed by atoms with Crippen LogP contribution in [0.2, 0.25) is 0 Å². The van der Waals surface area contributed by atoms with Gasteiger partial charge in [0.1, 0.15) is 5.69 Å². The third-order valence-corrected chi connectivity index (χ3v) is 3.29. The van der Waals surface area contributed by atoms with Gasteiger partial charge in [0.25, 0.3) is 0 Å². The van der Waals surface area contributed by atoms with Gasteiger partial charge in [0.15, 0.2) is 17.4 Å². The lowest BCUT2D eigenvalue weighted by molar-refractivity contribution is 0.359. The van der Waals surface area contributed by atoms with Crippen LogP contribution in [0.4, 0.5) is 28.9 Å². The normalized spacial score (nSPS) is 10.9. The summed E-state index contributed by atoms with van der Waals surface area (Å²) in [6.45, 7) is 0. The maximum Gasteiger partial charge on any atom is 0.205 e. The Morgan fingerprint density at radius 2 is 1.32 bits per heavy atom. The highest BCUT2D eigenvalue weighted by Gasteiger charge is 2.25. The Morgan fingerprint density at radius 1 is 0.727 bits per heavy atom. The minimum absolute atomic E-state index is 0.278. The Morgan fingerprint density at radius 3 is 2.00 bits per heavy atom. The van der Waals surface area contributed by atoms with Crippen molar-refractivity contribution in [2.45, 2.75) is 0 Å². The summed E-state index contributed by atoms with van der Waals surface area (Å²) in [5.41, 5.74) is -0.718. The molecule has 0 aliphatic carbocycles. The molecule has 0 fully saturated rings. The summed E-state index contributed by atoms with van der Waals surface area (Å²) in [5.74, 6) is -8.75. The van der Waals surface area contributed by atoms with Crippen LogP contribution < -0.4 is 5.32 Å². The summed E-state index contributed by atoms with van der Waals surface area (Å²) in [5, 5.41) is 12.7. The van der Waals surface area contributed by atoms with Gasteiger partial charge >= 0.3 is 0 Å². The summed E-state index contributed by atoms with van der Waals surface area (Å²) in [6.07, 6.45) is 0. The number of rotatable bonds is 2. The van der Waals surface area contributed by atoms with Gasteiger partial charge in [-0.3, -0.25) is 0 Å². The van der Waals surface area contributed by atoms with E-state index in [0.717, 1.165) is 5.39 Å². The smallest absolute Gasteiger partial charge is 0.205 e. The van der Waals surface area contributed by atoms with Crippen LogP contribution in [0.15, 0.2) is 42.5 Å². The molecular weight excluding hydrogens is 298 g/mol. The zero-order valence-corrected chi connectivity index (χ0v) is 11.0. The Balaban J connectivity index is 2.18. The molecule has 0 aliphatic heterocycles. The Labute approximate surface area is 122 Å². The summed E-state index contributed by atoms with van der Waals surface area (Å²) in [6, 6.07) is 11.9. The van der Waals surface area contributed by atoms with Gasteiger partial charge in [0.2, 0.25) is 11.6 Å². The van der Waals surface area contributed by atoms with Crippen LogP contribution in [0.5, 0.6) is 5.75 Å². The van der Waals surface area contributed by atoms with Crippen molar-refractivity contribution in [3.05, 3.63) is 65.7 Å². The van der Waals surface area contributed by atoms with Crippen molar-refractivity contribution < 1.29 is 22.7 Å². The molecule has 2 nitrogen and oxygen atoms in total. The Kier molecular flexibility index (Phi) is 3.36. The number of anilines is 2. The predicted molar refractivity (Wildman–Crippen MR) is 75.2 cm³/mol. The van der Waals surface area contributed by atoms with Crippen LogP contribution in [-0.4, -0.2) is 5.11 Å². The summed E-state index contributed by atoms with van der Waals surface area (Å²) >= 11 is 0. The third-order valence-electron chi connectivity index (χ3n) is 3.29. The van der Waals surface area contributed by atoms with Gasteiger partial charge in [-0.2, -0.15) is 8.78 Å². The van der Waals surface area contributed by atoms with E-state index in [9.17, 15) is 17.6 Å². The molecule has 0 bridgehead atoms. The molecular formula is C16H9F4NO. The molecule has 0 radical (unpaired) electrons. The summed E-state index contributed by atoms with van der Waals surface area (Å²) in [4.78, 5) is 0. The van der Waals surface area contributed by atoms with Gasteiger partial charge in [0.05, 0.1) is 0 Å². The van der Waals surface area contributed by atoms with Crippen LogP contribution in [0.1, 0.15) is 0 Å². The van der Waals surface area contributed by atoms with Crippen LogP contribution >= 0.6 is 0 Å². The first-order valence-corrected chi connectivity index (χ1v) is 6.30. The second-order valence-electron chi connectivity index (χ2n) is 4.63. The number of phenols is 1. The molecule has 0 saturated carbocycles. The third kappa shape index (κ3) is 2.13. The van der Waals surface area contributed by atoms with Crippen LogP contribution in [0, 0.1) is 23.3 Å². The molecule has 2 N–H and O–H groups in total. The van der Waals surface area contributed by atoms with E-state index in [0.29, 0.717) is 5.39 Å². The fourth-order valence-electron chi connectivity index (χ4n) is 2.20. The summed E-state index contributed by atoms with van der Waals surface area (Å²) < 4.78 is 54.3. The second kappa shape index (κ2) is 5.22. The van der Waals surface area contributed by atoms with Crippen molar-refractivity contribution in [1.29, 1.82) is 0 Å². The molecule has 112 valence electrons. The number of halogens is 4. The van der Waals surface area contributed by atoms with Gasteiger partial charge < -0.3 is 10.4 Å². The first-order valence-electron chi connectivity index (χ1n) is 6.30. The maximum atomic E-state index is 13.8. The number of nitrogens with one attached hydrogen (secondary N) is 1. The highest BCUT2D eigenvalue weighted by Crippen LogP contribution is 2.35. The fraction of sp³-hybridized carbons (Fsp3) is 0. The Hall–Kier alpha value is -2.76. The zero-order valence-electron chi connectivity index (χ0n) is 11.0. The number of benzene rings is 3. The average Bonchev–Trinajstić information content (AvgIpc) is 2.55. The molecule has 0 heterocycles. The molecule has 0 saturated heterocycles. The van der Waals surface area contributed by atoms with E-state index in [-0.39, 0.29) is 5.69 Å². The van der Waals surface area contributed by atoms with Crippen LogP contribution in [-0.2, 0) is 0 Å². The average molecular weight is 307 g/mol. The van der Waals surface area contributed by atoms with Crippen LogP contribution in [0.3, 0.4) is 0 Å². The van der Waals surface area contributed by atoms with Gasteiger partial charge in [-0.05, 0) is 11.5 Å². The largest absolute Gasteiger partial charge is 0.503 e. The predicted octanol–water partition coefficient (Wildman–Crippen LogP) is 4.85. The van der Waals surface area contributed by atoms with Crippen molar-refractivity contribution >= 4 is 22.1 Å². The molecule has 6 heteroatoms. The van der Waals surface area contributed by atoms with Crippen LogP contribution in [0.25, 0.3) is 10.8 Å². The van der Waals surface area contributed by atoms with Gasteiger partial charge in [0, 0.05) is 11.1 Å². The monoisotopic (exact) mass is 307 g/mol. The van der Waals surface area contributed by atoms with Crippen molar-refractivity contribution in [3.8, 4) is 5.75 Å². The maximum absolute atomic E-state index is 13.8. The molecule has 0 atom stereocenters. The quantitative estimate of drug-likeness (QED) is 0.403. The van der Waals surface area contributed by atoms with Crippen molar-refractivity contribution in [1.82, 2.24) is 0 Å². The molecule has 0 unspecified atom stereocenters. The molecule has 0 aliphatic rings. The summed E-state index contributed by atoms with van der Waals surface area (Å²) in [7, 11) is 0. The van der Waals surface area contributed by atoms with E-state index < -0.39 is 34.7 Å². The highest BCUT2D eigenvalue weighted by atomic mass is 19.2. The number of hydrogen-bond donors (Lipinski definition) is 2. The van der Waals surface area contributed by atoms with Crippen molar-refractivity contribution in [3.63, 3.8) is 0 Å². The minimum Gasteiger partial charge on any atom is -0.503 e. The number of aromatic hydroxyl groups is 1. The first-order chi connectivity index (χ1) is 10.5. The van der Waals surface area contributed by atoms with E-state index in [4.69, 9.17) is 5.11 Å². The van der Waals surface area contributed by atoms with Crippen molar-refractivity contribution in [2.75, 3.05) is 5.32 Å². The van der Waals surface area contributed by atoms with E-state index in [1.54, 1.807) is 36.4 Å². The fourth-order valence-corrected chi connectivity index (χ4v) is 2.20. The molecule has 3 aromatic rings. The second-order valence-corrected chi connectivity index (χ2v) is 4.63. The molecule has 0 amide bonds. The SMILES string of the molecule is Oc1c(F)c(F)c(Nc2cccc3ccccc23)c(F)c1F. The highest BCUT2D eigenvalue weighted by molar-refractivity contribution is 5.95. The van der Waals surface area contributed by atoms with Gasteiger partial charge in [-0.1, -0.05) is 36.4 Å². The minimum atomic E-state index is -1.85. The molecule has 3 rings (SSSR count). The standard InChI is InChI=1S/C16H9F4NO/c17-11-13(19)16(22)14(20)12(18)15(11)21-10-7-3-5-8-4-1-2-6-9(8)10/h1-7,21-22H. The van der Waals surface area contributed by atoms with Crippen molar-refractivity contribution in [2.24, 2.45) is 0 Å². The van der Waals surface area contributed by atoms with E-state index in [1.807, 2.05) is 0 Å². The molecule has 3 aromatic carbocycles. The van der Waals surface area contributed by atoms with Gasteiger partial charge in [-0.15, -0.1) is 0 Å². The topological polar surface area (TPSA) is 32.3 Å². The van der Waals surface area contributed by atoms with E-state index in [1.165, 1.54) is 6.07 Å². The number of fused-ring (bicyclic) bond motifs is 1. The lowest BCUT2D eigenvalue weighted by atomic mass is 10.1. The van der Waals surface area contributed by atoms with E-state index in [2.05, 4.69) is 5.32 Å². The lowest BCUT2D eigenvalue weighted by Gasteiger charge is -2.13. The molecule has 22 heavy (non-hydrogen) atoms. The molecule has 0 spiro atoms. The lowest BCUT2D eigenvalue weighted by Crippen LogP contribution is -2.04. The number of phenolic OH excluding ortho intramolecular Hbond substituents is 1. The van der Waals surface area contributed by atoms with E-state index >= 15 is 0 Å². The first kappa shape index (κ1) is 14.2. The number of hydrogen-bond acceptors (Lipinski definition) is 2. The molecule has 0 aromatic heterocycles. The zero-order chi connectivity index (χ0) is 15.9.